The van der Waals surface area contributed by atoms with Crippen LogP contribution in [-0.4, -0.2) is 23.1 Å². The molecule has 112 valence electrons. The number of hydrogen-bond acceptors (Lipinski definition) is 3. The number of carbonyl (C=O) groups excluding carboxylic acids is 1. The van der Waals surface area contributed by atoms with Crippen LogP contribution in [0, 0.1) is 17.2 Å². The summed E-state index contributed by atoms with van der Waals surface area (Å²) >= 11 is 0. The highest BCUT2D eigenvalue weighted by Gasteiger charge is 2.20. The van der Waals surface area contributed by atoms with Gasteiger partial charge in [0.2, 0.25) is 0 Å². The summed E-state index contributed by atoms with van der Waals surface area (Å²) < 4.78 is 0. The van der Waals surface area contributed by atoms with Crippen molar-refractivity contribution in [3.8, 4) is 6.07 Å². The van der Waals surface area contributed by atoms with Crippen molar-refractivity contribution in [1.82, 2.24) is 10.6 Å². The Hall–Kier alpha value is -2.55. The van der Waals surface area contributed by atoms with Crippen LogP contribution in [0.25, 0.3) is 0 Å². The lowest BCUT2D eigenvalue weighted by atomic mass is 10.0. The van der Waals surface area contributed by atoms with E-state index < -0.39 is 18.0 Å². The summed E-state index contributed by atoms with van der Waals surface area (Å²) in [4.78, 5) is 22.7. The van der Waals surface area contributed by atoms with E-state index in [0.29, 0.717) is 12.0 Å². The van der Waals surface area contributed by atoms with E-state index in [1.54, 1.807) is 24.3 Å². The molecule has 3 N–H and O–H groups in total. The molecular weight excluding hydrogens is 270 g/mol. The number of benzene rings is 1. The summed E-state index contributed by atoms with van der Waals surface area (Å²) in [7, 11) is 0. The lowest BCUT2D eigenvalue weighted by Crippen LogP contribution is -2.46. The van der Waals surface area contributed by atoms with Gasteiger partial charge < -0.3 is 15.7 Å². The first-order valence-electron chi connectivity index (χ1n) is 6.68. The maximum atomic E-state index is 11.7. The summed E-state index contributed by atoms with van der Waals surface area (Å²) in [5.41, 5.74) is 1.38. The molecule has 0 radical (unpaired) electrons. The normalized spacial score (nSPS) is 11.5. The molecule has 0 bridgehead atoms. The van der Waals surface area contributed by atoms with Gasteiger partial charge in [-0.3, -0.25) is 0 Å². The molecule has 0 saturated heterocycles. The summed E-state index contributed by atoms with van der Waals surface area (Å²) in [6, 6.07) is 7.39. The number of aliphatic carboxylic acids is 1. The molecule has 0 fully saturated rings. The van der Waals surface area contributed by atoms with Crippen molar-refractivity contribution in [2.24, 2.45) is 5.92 Å². The second-order valence-electron chi connectivity index (χ2n) is 5.16. The van der Waals surface area contributed by atoms with Crippen LogP contribution in [0.5, 0.6) is 0 Å². The molecule has 6 nitrogen and oxygen atoms in total. The average Bonchev–Trinajstić information content (AvgIpc) is 2.44. The molecule has 0 spiro atoms. The van der Waals surface area contributed by atoms with Gasteiger partial charge in [0.15, 0.2) is 0 Å². The van der Waals surface area contributed by atoms with Crippen LogP contribution in [0.2, 0.25) is 0 Å². The van der Waals surface area contributed by atoms with Gasteiger partial charge in [-0.2, -0.15) is 5.26 Å². The minimum atomic E-state index is -1.04. The van der Waals surface area contributed by atoms with Crippen molar-refractivity contribution in [2.45, 2.75) is 32.9 Å². The topological polar surface area (TPSA) is 102 Å². The maximum absolute atomic E-state index is 11.7. The van der Waals surface area contributed by atoms with Gasteiger partial charge in [0.25, 0.3) is 0 Å². The smallest absolute Gasteiger partial charge is 0.326 e. The van der Waals surface area contributed by atoms with Gasteiger partial charge >= 0.3 is 12.0 Å². The number of amides is 2. The molecule has 1 atom stereocenters. The Bertz CT molecular complexity index is 532. The van der Waals surface area contributed by atoms with Crippen LogP contribution in [0.3, 0.4) is 0 Å². The number of hydrogen-bond donors (Lipinski definition) is 3. The number of nitrogens with zero attached hydrogens (tertiary/aromatic N) is 1. The first-order chi connectivity index (χ1) is 9.92. The second-order valence-corrected chi connectivity index (χ2v) is 5.16. The molecule has 21 heavy (non-hydrogen) atoms. The zero-order valence-corrected chi connectivity index (χ0v) is 12.1. The summed E-state index contributed by atoms with van der Waals surface area (Å²) in [5.74, 6) is -0.873. The lowest BCUT2D eigenvalue weighted by molar-refractivity contribution is -0.139. The molecule has 2 amide bonds. The Labute approximate surface area is 123 Å². The fourth-order valence-corrected chi connectivity index (χ4v) is 1.78. The third-order valence-corrected chi connectivity index (χ3v) is 2.85. The Morgan fingerprint density at radius 3 is 2.38 bits per heavy atom. The number of nitrogens with one attached hydrogen (secondary N) is 2. The molecule has 1 unspecified atom stereocenters. The van der Waals surface area contributed by atoms with Crippen molar-refractivity contribution < 1.29 is 14.7 Å². The number of nitriles is 1. The van der Waals surface area contributed by atoms with Gasteiger partial charge in [-0.25, -0.2) is 9.59 Å². The molecule has 0 aliphatic carbocycles. The van der Waals surface area contributed by atoms with Crippen LogP contribution in [0.15, 0.2) is 24.3 Å². The van der Waals surface area contributed by atoms with Gasteiger partial charge in [0, 0.05) is 6.54 Å². The highest BCUT2D eigenvalue weighted by atomic mass is 16.4. The largest absolute Gasteiger partial charge is 0.480 e. The van der Waals surface area contributed by atoms with E-state index in [0.717, 1.165) is 5.56 Å². The Morgan fingerprint density at radius 1 is 1.29 bits per heavy atom. The van der Waals surface area contributed by atoms with Gasteiger partial charge in [0.1, 0.15) is 6.04 Å². The van der Waals surface area contributed by atoms with Crippen LogP contribution in [0.4, 0.5) is 4.79 Å². The predicted molar refractivity (Wildman–Crippen MR) is 77.4 cm³/mol. The first-order valence-corrected chi connectivity index (χ1v) is 6.68. The molecule has 0 aliphatic rings. The second kappa shape index (κ2) is 7.90. The molecule has 6 heteroatoms. The van der Waals surface area contributed by atoms with Crippen molar-refractivity contribution in [2.75, 3.05) is 0 Å². The molecule has 0 aromatic heterocycles. The van der Waals surface area contributed by atoms with Crippen LogP contribution >= 0.6 is 0 Å². The number of urea groups is 1. The van der Waals surface area contributed by atoms with Crippen molar-refractivity contribution in [1.29, 1.82) is 5.26 Å². The van der Waals surface area contributed by atoms with Gasteiger partial charge in [0.05, 0.1) is 11.6 Å². The molecule has 0 saturated carbocycles. The summed E-state index contributed by atoms with van der Waals surface area (Å²) in [5, 5.41) is 22.8. The van der Waals surface area contributed by atoms with E-state index in [4.69, 9.17) is 10.4 Å². The quantitative estimate of drug-likeness (QED) is 0.743. The molecular formula is C15H19N3O3. The van der Waals surface area contributed by atoms with Crippen molar-refractivity contribution in [3.63, 3.8) is 0 Å². The minimum Gasteiger partial charge on any atom is -0.480 e. The van der Waals surface area contributed by atoms with E-state index in [1.807, 2.05) is 19.9 Å². The van der Waals surface area contributed by atoms with E-state index in [9.17, 15) is 9.59 Å². The lowest BCUT2D eigenvalue weighted by Gasteiger charge is -2.16. The fraction of sp³-hybridized carbons (Fsp3) is 0.400. The van der Waals surface area contributed by atoms with Crippen LogP contribution < -0.4 is 10.6 Å². The SMILES string of the molecule is CC(C)CC(NC(=O)NCc1ccc(C#N)cc1)C(=O)O. The van der Waals surface area contributed by atoms with Crippen LogP contribution in [-0.2, 0) is 11.3 Å². The van der Waals surface area contributed by atoms with E-state index in [1.165, 1.54) is 0 Å². The maximum Gasteiger partial charge on any atom is 0.326 e. The Balaban J connectivity index is 2.48. The monoisotopic (exact) mass is 289 g/mol. The van der Waals surface area contributed by atoms with Crippen molar-refractivity contribution >= 4 is 12.0 Å². The van der Waals surface area contributed by atoms with Crippen LogP contribution in [0.1, 0.15) is 31.4 Å². The number of carbonyl (C=O) groups is 2. The van der Waals surface area contributed by atoms with E-state index in [-0.39, 0.29) is 12.5 Å². The molecule has 1 rings (SSSR count). The average molecular weight is 289 g/mol. The Kier molecular flexibility index (Phi) is 6.21. The number of rotatable bonds is 6. The van der Waals surface area contributed by atoms with Gasteiger partial charge in [-0.05, 0) is 30.0 Å². The Morgan fingerprint density at radius 2 is 1.90 bits per heavy atom. The highest BCUT2D eigenvalue weighted by molar-refractivity contribution is 5.82. The molecule has 1 aromatic carbocycles. The van der Waals surface area contributed by atoms with Gasteiger partial charge in [-0.1, -0.05) is 26.0 Å². The minimum absolute atomic E-state index is 0.171. The third-order valence-electron chi connectivity index (χ3n) is 2.85. The number of carboxylic acid groups (broad SMARTS) is 1. The third kappa shape index (κ3) is 5.95. The molecule has 1 aromatic rings. The highest BCUT2D eigenvalue weighted by Crippen LogP contribution is 2.05. The zero-order chi connectivity index (χ0) is 15.8. The predicted octanol–water partition coefficient (Wildman–Crippen LogP) is 1.86. The number of carboxylic acids is 1. The summed E-state index contributed by atoms with van der Waals surface area (Å²) in [6.07, 6.45) is 0.375. The standard InChI is InChI=1S/C15H19N3O3/c1-10(2)7-13(14(19)20)18-15(21)17-9-12-5-3-11(8-16)4-6-12/h3-6,10,13H,7,9H2,1-2H3,(H,19,20)(H2,17,18,21). The molecule has 0 aliphatic heterocycles. The van der Waals surface area contributed by atoms with E-state index in [2.05, 4.69) is 10.6 Å². The summed E-state index contributed by atoms with van der Waals surface area (Å²) in [6.45, 7) is 4.06. The zero-order valence-electron chi connectivity index (χ0n) is 12.1. The van der Waals surface area contributed by atoms with E-state index >= 15 is 0 Å². The van der Waals surface area contributed by atoms with Gasteiger partial charge in [-0.15, -0.1) is 0 Å². The first kappa shape index (κ1) is 16.5. The fourth-order valence-electron chi connectivity index (χ4n) is 1.78. The molecule has 0 heterocycles. The van der Waals surface area contributed by atoms with Crippen molar-refractivity contribution in [3.05, 3.63) is 35.4 Å².